The van der Waals surface area contributed by atoms with Crippen LogP contribution < -0.4 is 10.3 Å². The largest absolute Gasteiger partial charge is 0.480 e. The summed E-state index contributed by atoms with van der Waals surface area (Å²) < 4.78 is 12.6. The third-order valence-corrected chi connectivity index (χ3v) is 6.55. The molecule has 0 aliphatic heterocycles. The van der Waals surface area contributed by atoms with Gasteiger partial charge in [0, 0.05) is 16.5 Å². The number of fused-ring (bicyclic) bond motifs is 1. The highest BCUT2D eigenvalue weighted by molar-refractivity contribution is 9.10. The lowest BCUT2D eigenvalue weighted by molar-refractivity contribution is -0.145. The monoisotopic (exact) mass is 545 g/mol. The Bertz CT molecular complexity index is 1290. The smallest absolute Gasteiger partial charge is 0.344 e. The molecule has 0 saturated heterocycles. The van der Waals surface area contributed by atoms with Gasteiger partial charge in [0.1, 0.15) is 11.6 Å². The molecule has 0 amide bonds. The number of benzene rings is 2. The van der Waals surface area contributed by atoms with E-state index < -0.39 is 5.97 Å². The van der Waals surface area contributed by atoms with Crippen LogP contribution in [0.5, 0.6) is 5.75 Å². The molecule has 1 fully saturated rings. The Morgan fingerprint density at radius 2 is 2.03 bits per heavy atom. The lowest BCUT2D eigenvalue weighted by Crippen LogP contribution is -2.25. The first-order chi connectivity index (χ1) is 16.5. The second-order valence-corrected chi connectivity index (χ2v) is 9.37. The van der Waals surface area contributed by atoms with E-state index in [0.29, 0.717) is 37.5 Å². The fourth-order valence-electron chi connectivity index (χ4n) is 4.16. The van der Waals surface area contributed by atoms with E-state index in [9.17, 15) is 9.59 Å². The summed E-state index contributed by atoms with van der Waals surface area (Å²) in [4.78, 5) is 30.0. The summed E-state index contributed by atoms with van der Waals surface area (Å²) in [5, 5.41) is 5.51. The highest BCUT2D eigenvalue weighted by Crippen LogP contribution is 2.33. The first kappa shape index (κ1) is 24.4. The van der Waals surface area contributed by atoms with Crippen molar-refractivity contribution in [3.63, 3.8) is 0 Å². The van der Waals surface area contributed by atoms with Gasteiger partial charge >= 0.3 is 5.97 Å². The number of carbonyl (C=O) groups excluding carboxylic acids is 1. The first-order valence-corrected chi connectivity index (χ1v) is 12.5. The summed E-state index contributed by atoms with van der Waals surface area (Å²) in [6, 6.07) is 10.6. The Morgan fingerprint density at radius 1 is 1.26 bits per heavy atom. The van der Waals surface area contributed by atoms with Crippen LogP contribution >= 0.6 is 27.5 Å². The van der Waals surface area contributed by atoms with E-state index >= 15 is 0 Å². The Balaban J connectivity index is 1.77. The zero-order chi connectivity index (χ0) is 24.1. The van der Waals surface area contributed by atoms with Gasteiger partial charge in [0.25, 0.3) is 5.56 Å². The molecule has 9 heteroatoms. The fraction of sp³-hybridized carbons (Fsp3) is 0.360. The summed E-state index contributed by atoms with van der Waals surface area (Å²) in [7, 11) is 0. The molecule has 1 aliphatic rings. The standard InChI is InChI=1S/C25H25BrClN3O4/c1-2-33-22(31)15-34-23-17(12-18(27)13-20(23)26)14-28-30-24(16-8-4-3-5-9-16)29-21-11-7-6-10-19(21)25(30)32/h6-7,10-14,16H,2-5,8-9,15H2,1H3. The average Bonchev–Trinajstić information content (AvgIpc) is 2.83. The van der Waals surface area contributed by atoms with Crippen molar-refractivity contribution in [3.05, 3.63) is 67.6 Å². The topological polar surface area (TPSA) is 82.8 Å². The highest BCUT2D eigenvalue weighted by atomic mass is 79.9. The van der Waals surface area contributed by atoms with E-state index in [1.807, 2.05) is 18.2 Å². The predicted molar refractivity (Wildman–Crippen MR) is 136 cm³/mol. The summed E-state index contributed by atoms with van der Waals surface area (Å²) in [5.74, 6) is 0.715. The van der Waals surface area contributed by atoms with Crippen LogP contribution in [-0.2, 0) is 9.53 Å². The zero-order valence-electron chi connectivity index (χ0n) is 18.8. The van der Waals surface area contributed by atoms with Crippen molar-refractivity contribution >= 4 is 50.6 Å². The normalized spacial score (nSPS) is 14.6. The van der Waals surface area contributed by atoms with Crippen LogP contribution in [0, 0.1) is 0 Å². The Labute approximate surface area is 210 Å². The van der Waals surface area contributed by atoms with Gasteiger partial charge in [-0.3, -0.25) is 4.79 Å². The molecule has 0 radical (unpaired) electrons. The van der Waals surface area contributed by atoms with E-state index in [2.05, 4.69) is 21.0 Å². The molecule has 2 aromatic carbocycles. The van der Waals surface area contributed by atoms with Gasteiger partial charge in [0.15, 0.2) is 6.61 Å². The van der Waals surface area contributed by atoms with Crippen molar-refractivity contribution in [2.24, 2.45) is 5.10 Å². The Hall–Kier alpha value is -2.71. The van der Waals surface area contributed by atoms with Gasteiger partial charge in [-0.1, -0.05) is 43.0 Å². The number of rotatable bonds is 7. The number of aromatic nitrogens is 2. The third-order valence-electron chi connectivity index (χ3n) is 5.74. The molecule has 1 aromatic heterocycles. The minimum Gasteiger partial charge on any atom is -0.480 e. The Kier molecular flexibility index (Phi) is 8.00. The molecule has 0 N–H and O–H groups in total. The predicted octanol–water partition coefficient (Wildman–Crippen LogP) is 5.68. The summed E-state index contributed by atoms with van der Waals surface area (Å²) in [6.45, 7) is 1.73. The molecule has 4 rings (SSSR count). The van der Waals surface area contributed by atoms with E-state index in [1.54, 1.807) is 25.1 Å². The van der Waals surface area contributed by atoms with Crippen LogP contribution in [0.2, 0.25) is 5.02 Å². The molecular formula is C25H25BrClN3O4. The van der Waals surface area contributed by atoms with Crippen LogP contribution in [0.15, 0.2) is 50.8 Å². The lowest BCUT2D eigenvalue weighted by Gasteiger charge is -2.22. The van der Waals surface area contributed by atoms with Crippen molar-refractivity contribution in [1.29, 1.82) is 0 Å². The fourth-order valence-corrected chi connectivity index (χ4v) is 5.11. The van der Waals surface area contributed by atoms with Crippen LogP contribution in [-0.4, -0.2) is 35.1 Å². The van der Waals surface area contributed by atoms with Crippen molar-refractivity contribution in [2.75, 3.05) is 13.2 Å². The summed E-state index contributed by atoms with van der Waals surface area (Å²) >= 11 is 9.69. The molecule has 0 atom stereocenters. The van der Waals surface area contributed by atoms with Crippen LogP contribution in [0.1, 0.15) is 56.3 Å². The molecule has 34 heavy (non-hydrogen) atoms. The maximum Gasteiger partial charge on any atom is 0.344 e. The minimum absolute atomic E-state index is 0.161. The number of hydrogen-bond acceptors (Lipinski definition) is 6. The first-order valence-electron chi connectivity index (χ1n) is 11.3. The number of halogens is 2. The molecule has 3 aromatic rings. The lowest BCUT2D eigenvalue weighted by atomic mass is 9.88. The van der Waals surface area contributed by atoms with Gasteiger partial charge < -0.3 is 9.47 Å². The molecule has 0 unspecified atom stereocenters. The third kappa shape index (κ3) is 5.50. The zero-order valence-corrected chi connectivity index (χ0v) is 21.1. The van der Waals surface area contributed by atoms with Gasteiger partial charge in [0.05, 0.1) is 28.2 Å². The van der Waals surface area contributed by atoms with Crippen molar-refractivity contribution in [3.8, 4) is 5.75 Å². The van der Waals surface area contributed by atoms with Crippen LogP contribution in [0.3, 0.4) is 0 Å². The molecule has 7 nitrogen and oxygen atoms in total. The number of ether oxygens (including phenoxy) is 2. The maximum absolute atomic E-state index is 13.4. The second-order valence-electron chi connectivity index (χ2n) is 8.08. The second kappa shape index (κ2) is 11.1. The molecule has 1 heterocycles. The molecule has 0 spiro atoms. The SMILES string of the molecule is CCOC(=O)COc1c(Br)cc(Cl)cc1C=Nn1c(C2CCCCC2)nc2ccccc2c1=O. The number of esters is 1. The highest BCUT2D eigenvalue weighted by Gasteiger charge is 2.22. The van der Waals surface area contributed by atoms with Crippen molar-refractivity contribution in [2.45, 2.75) is 44.9 Å². The van der Waals surface area contributed by atoms with Crippen molar-refractivity contribution in [1.82, 2.24) is 9.66 Å². The van der Waals surface area contributed by atoms with E-state index in [0.717, 1.165) is 25.7 Å². The summed E-state index contributed by atoms with van der Waals surface area (Å²) in [5.41, 5.74) is 0.958. The van der Waals surface area contributed by atoms with Crippen molar-refractivity contribution < 1.29 is 14.3 Å². The van der Waals surface area contributed by atoms with Crippen LogP contribution in [0.4, 0.5) is 0 Å². The molecule has 0 bridgehead atoms. The number of hydrogen-bond donors (Lipinski definition) is 0. The van der Waals surface area contributed by atoms with Gasteiger partial charge in [-0.25, -0.2) is 9.78 Å². The van der Waals surface area contributed by atoms with Gasteiger partial charge in [0.2, 0.25) is 0 Å². The van der Waals surface area contributed by atoms with Gasteiger partial charge in [-0.15, -0.1) is 0 Å². The quantitative estimate of drug-likeness (QED) is 0.281. The van der Waals surface area contributed by atoms with E-state index in [-0.39, 0.29) is 24.7 Å². The molecule has 1 aliphatic carbocycles. The maximum atomic E-state index is 13.4. The van der Waals surface area contributed by atoms with Crippen LogP contribution in [0.25, 0.3) is 10.9 Å². The summed E-state index contributed by atoms with van der Waals surface area (Å²) in [6.07, 6.45) is 6.85. The van der Waals surface area contributed by atoms with E-state index in [4.69, 9.17) is 26.1 Å². The van der Waals surface area contributed by atoms with Gasteiger partial charge in [-0.2, -0.15) is 9.78 Å². The van der Waals surface area contributed by atoms with E-state index in [1.165, 1.54) is 17.3 Å². The van der Waals surface area contributed by atoms with Gasteiger partial charge in [-0.05, 0) is 60.0 Å². The number of carbonyl (C=O) groups is 1. The molecule has 178 valence electrons. The Morgan fingerprint density at radius 3 is 2.79 bits per heavy atom. The number of para-hydroxylation sites is 1. The molecule has 1 saturated carbocycles. The molecular weight excluding hydrogens is 522 g/mol. The number of nitrogens with zero attached hydrogens (tertiary/aromatic N) is 3. The average molecular weight is 547 g/mol. The minimum atomic E-state index is -0.484.